The summed E-state index contributed by atoms with van der Waals surface area (Å²) < 4.78 is 0. The lowest BCUT2D eigenvalue weighted by Gasteiger charge is -2.35. The summed E-state index contributed by atoms with van der Waals surface area (Å²) in [7, 11) is 0. The second kappa shape index (κ2) is 7.79. The number of carbonyl (C=O) groups is 1. The van der Waals surface area contributed by atoms with Gasteiger partial charge in [0.25, 0.3) is 0 Å². The summed E-state index contributed by atoms with van der Waals surface area (Å²) >= 11 is 0. The lowest BCUT2D eigenvalue weighted by Crippen LogP contribution is -2.52. The molecule has 2 aliphatic rings. The van der Waals surface area contributed by atoms with Gasteiger partial charge in [-0.3, -0.25) is 9.69 Å². The van der Waals surface area contributed by atoms with E-state index in [1.54, 1.807) is 0 Å². The Hall–Kier alpha value is -1.08. The lowest BCUT2D eigenvalue weighted by atomic mass is 9.83. The monoisotopic (exact) mass is 291 g/mol. The standard InChI is InChI=1S/C17H29N3O/c1-2-20(15-9-5-3-6-10-15)13-16(21)19-17(14-18)11-7-4-8-12-17/h15H,2-13H2,1H3,(H,19,21). The van der Waals surface area contributed by atoms with Gasteiger partial charge in [0.1, 0.15) is 5.54 Å². The van der Waals surface area contributed by atoms with Gasteiger partial charge in [-0.25, -0.2) is 0 Å². The molecular formula is C17H29N3O. The van der Waals surface area contributed by atoms with Crippen LogP contribution in [-0.2, 0) is 4.79 Å². The summed E-state index contributed by atoms with van der Waals surface area (Å²) in [4.78, 5) is 14.7. The normalized spacial score (nSPS) is 22.7. The maximum Gasteiger partial charge on any atom is 0.235 e. The van der Waals surface area contributed by atoms with Crippen LogP contribution in [0.15, 0.2) is 0 Å². The molecule has 1 amide bonds. The van der Waals surface area contributed by atoms with Crippen molar-refractivity contribution in [2.45, 2.75) is 82.7 Å². The van der Waals surface area contributed by atoms with Gasteiger partial charge in [0, 0.05) is 6.04 Å². The van der Waals surface area contributed by atoms with Crippen molar-refractivity contribution < 1.29 is 4.79 Å². The number of hydrogen-bond acceptors (Lipinski definition) is 3. The van der Waals surface area contributed by atoms with Gasteiger partial charge < -0.3 is 5.32 Å². The van der Waals surface area contributed by atoms with Crippen molar-refractivity contribution in [2.24, 2.45) is 0 Å². The van der Waals surface area contributed by atoms with Crippen LogP contribution >= 0.6 is 0 Å². The maximum atomic E-state index is 12.4. The first kappa shape index (κ1) is 16.3. The Bertz CT molecular complexity index is 376. The van der Waals surface area contributed by atoms with Crippen molar-refractivity contribution in [1.82, 2.24) is 10.2 Å². The molecule has 0 radical (unpaired) electrons. The molecular weight excluding hydrogens is 262 g/mol. The third-order valence-electron chi connectivity index (χ3n) is 5.14. The van der Waals surface area contributed by atoms with E-state index in [0.29, 0.717) is 12.6 Å². The van der Waals surface area contributed by atoms with Gasteiger partial charge in [-0.05, 0) is 32.2 Å². The van der Waals surface area contributed by atoms with Crippen molar-refractivity contribution in [1.29, 1.82) is 5.26 Å². The third-order valence-corrected chi connectivity index (χ3v) is 5.14. The van der Waals surface area contributed by atoms with Crippen LogP contribution in [0.4, 0.5) is 0 Å². The first-order valence-corrected chi connectivity index (χ1v) is 8.65. The third kappa shape index (κ3) is 4.44. The van der Waals surface area contributed by atoms with Gasteiger partial charge in [-0.1, -0.05) is 45.4 Å². The molecule has 0 aromatic rings. The quantitative estimate of drug-likeness (QED) is 0.847. The predicted molar refractivity (Wildman–Crippen MR) is 83.7 cm³/mol. The summed E-state index contributed by atoms with van der Waals surface area (Å²) in [5, 5.41) is 12.5. The lowest BCUT2D eigenvalue weighted by molar-refractivity contribution is -0.124. The predicted octanol–water partition coefficient (Wildman–Crippen LogP) is 2.98. The summed E-state index contributed by atoms with van der Waals surface area (Å²) in [6.45, 7) is 3.49. The smallest absolute Gasteiger partial charge is 0.235 e. The molecule has 1 N–H and O–H groups in total. The molecule has 118 valence electrons. The van der Waals surface area contributed by atoms with Crippen LogP contribution in [-0.4, -0.2) is 35.5 Å². The number of likely N-dealkylation sites (N-methyl/N-ethyl adjacent to an activating group) is 1. The molecule has 0 atom stereocenters. The molecule has 0 bridgehead atoms. The maximum absolute atomic E-state index is 12.4. The zero-order valence-corrected chi connectivity index (χ0v) is 13.4. The van der Waals surface area contributed by atoms with E-state index in [2.05, 4.69) is 23.2 Å². The van der Waals surface area contributed by atoms with Gasteiger partial charge in [0.05, 0.1) is 12.6 Å². The van der Waals surface area contributed by atoms with Gasteiger partial charge in [0.15, 0.2) is 0 Å². The molecule has 0 aromatic carbocycles. The molecule has 2 aliphatic carbocycles. The number of carbonyl (C=O) groups excluding carboxylic acids is 1. The molecule has 2 fully saturated rings. The van der Waals surface area contributed by atoms with Gasteiger partial charge >= 0.3 is 0 Å². The van der Waals surface area contributed by atoms with Crippen LogP contribution in [0.5, 0.6) is 0 Å². The van der Waals surface area contributed by atoms with Crippen LogP contribution < -0.4 is 5.32 Å². The number of hydrogen-bond donors (Lipinski definition) is 1. The minimum absolute atomic E-state index is 0.0332. The fourth-order valence-corrected chi connectivity index (χ4v) is 3.86. The Kier molecular flexibility index (Phi) is 6.05. The first-order chi connectivity index (χ1) is 10.2. The van der Waals surface area contributed by atoms with Crippen molar-refractivity contribution >= 4 is 5.91 Å². The number of rotatable bonds is 5. The van der Waals surface area contributed by atoms with E-state index < -0.39 is 5.54 Å². The van der Waals surface area contributed by atoms with Crippen molar-refractivity contribution in [3.8, 4) is 6.07 Å². The average Bonchev–Trinajstić information content (AvgIpc) is 2.54. The van der Waals surface area contributed by atoms with Crippen LogP contribution in [0.1, 0.15) is 71.1 Å². The summed E-state index contributed by atoms with van der Waals surface area (Å²) in [5.74, 6) is 0.0332. The number of nitrogens with one attached hydrogen (secondary N) is 1. The topological polar surface area (TPSA) is 56.1 Å². The summed E-state index contributed by atoms with van der Waals surface area (Å²) in [6, 6.07) is 2.92. The molecule has 0 saturated heterocycles. The van der Waals surface area contributed by atoms with Crippen LogP contribution in [0.3, 0.4) is 0 Å². The highest BCUT2D eigenvalue weighted by Gasteiger charge is 2.34. The number of nitriles is 1. The largest absolute Gasteiger partial charge is 0.337 e. The van der Waals surface area contributed by atoms with E-state index in [-0.39, 0.29) is 5.91 Å². The van der Waals surface area contributed by atoms with E-state index in [9.17, 15) is 10.1 Å². The second-order valence-electron chi connectivity index (χ2n) is 6.66. The Labute approximate surface area is 128 Å². The Morgan fingerprint density at radius 1 is 1.19 bits per heavy atom. The number of amides is 1. The van der Waals surface area contributed by atoms with E-state index in [4.69, 9.17) is 0 Å². The molecule has 2 rings (SSSR count). The van der Waals surface area contributed by atoms with Gasteiger partial charge in [-0.2, -0.15) is 5.26 Å². The van der Waals surface area contributed by atoms with Gasteiger partial charge in [0.2, 0.25) is 5.91 Å². The van der Waals surface area contributed by atoms with Crippen molar-refractivity contribution in [3.05, 3.63) is 0 Å². The highest BCUT2D eigenvalue weighted by atomic mass is 16.2. The zero-order valence-electron chi connectivity index (χ0n) is 13.4. The highest BCUT2D eigenvalue weighted by Crippen LogP contribution is 2.27. The number of nitrogens with zero attached hydrogens (tertiary/aromatic N) is 2. The first-order valence-electron chi connectivity index (χ1n) is 8.65. The molecule has 0 aromatic heterocycles. The summed E-state index contributed by atoms with van der Waals surface area (Å²) in [6.07, 6.45) is 11.2. The molecule has 0 aliphatic heterocycles. The van der Waals surface area contributed by atoms with E-state index in [1.807, 2.05) is 0 Å². The summed E-state index contributed by atoms with van der Waals surface area (Å²) in [5.41, 5.74) is -0.596. The molecule has 4 nitrogen and oxygen atoms in total. The molecule has 2 saturated carbocycles. The molecule has 21 heavy (non-hydrogen) atoms. The Balaban J connectivity index is 1.88. The minimum Gasteiger partial charge on any atom is -0.337 e. The van der Waals surface area contributed by atoms with E-state index in [1.165, 1.54) is 38.5 Å². The Morgan fingerprint density at radius 2 is 1.81 bits per heavy atom. The Morgan fingerprint density at radius 3 is 2.38 bits per heavy atom. The molecule has 4 heteroatoms. The second-order valence-corrected chi connectivity index (χ2v) is 6.66. The average molecular weight is 291 g/mol. The molecule has 0 unspecified atom stereocenters. The van der Waals surface area contributed by atoms with Crippen LogP contribution in [0, 0.1) is 11.3 Å². The van der Waals surface area contributed by atoms with E-state index >= 15 is 0 Å². The van der Waals surface area contributed by atoms with Gasteiger partial charge in [-0.15, -0.1) is 0 Å². The minimum atomic E-state index is -0.596. The zero-order chi connectivity index (χ0) is 15.1. The fraction of sp³-hybridized carbons (Fsp3) is 0.882. The van der Waals surface area contributed by atoms with Crippen LogP contribution in [0.25, 0.3) is 0 Å². The molecule has 0 spiro atoms. The van der Waals surface area contributed by atoms with Crippen LogP contribution in [0.2, 0.25) is 0 Å². The van der Waals surface area contributed by atoms with Crippen molar-refractivity contribution in [3.63, 3.8) is 0 Å². The SMILES string of the molecule is CCN(CC(=O)NC1(C#N)CCCCC1)C1CCCCC1. The molecule has 0 heterocycles. The highest BCUT2D eigenvalue weighted by molar-refractivity contribution is 5.79. The van der Waals surface area contributed by atoms with E-state index in [0.717, 1.165) is 32.2 Å². The fourth-order valence-electron chi connectivity index (χ4n) is 3.86. The van der Waals surface area contributed by atoms with Crippen molar-refractivity contribution in [2.75, 3.05) is 13.1 Å².